The second-order valence-corrected chi connectivity index (χ2v) is 8.34. The zero-order valence-corrected chi connectivity index (χ0v) is 18.1. The second kappa shape index (κ2) is 8.39. The van der Waals surface area contributed by atoms with E-state index in [2.05, 4.69) is 18.8 Å². The van der Waals surface area contributed by atoms with Crippen LogP contribution in [0.15, 0.2) is 24.4 Å². The highest BCUT2D eigenvalue weighted by Crippen LogP contribution is 2.48. The molecule has 0 spiro atoms. The van der Waals surface area contributed by atoms with E-state index in [1.165, 1.54) is 7.05 Å². The van der Waals surface area contributed by atoms with Crippen LogP contribution in [0.5, 0.6) is 17.2 Å². The monoisotopic (exact) mass is 415 g/mol. The fourth-order valence-electron chi connectivity index (χ4n) is 3.71. The maximum atomic E-state index is 11.3. The summed E-state index contributed by atoms with van der Waals surface area (Å²) in [6.45, 7) is 6.86. The average Bonchev–Trinajstić information content (AvgIpc) is 2.69. The molecule has 0 saturated heterocycles. The van der Waals surface area contributed by atoms with E-state index < -0.39 is 11.6 Å². The van der Waals surface area contributed by atoms with Gasteiger partial charge in [-0.1, -0.05) is 13.8 Å². The van der Waals surface area contributed by atoms with Crippen LogP contribution in [-0.2, 0) is 6.61 Å². The summed E-state index contributed by atoms with van der Waals surface area (Å²) in [5.41, 5.74) is 8.41. The first-order valence-electron chi connectivity index (χ1n) is 9.84. The summed E-state index contributed by atoms with van der Waals surface area (Å²) < 4.78 is 17.6. The van der Waals surface area contributed by atoms with Crippen LogP contribution in [-0.4, -0.2) is 42.5 Å². The molecule has 0 aliphatic carbocycles. The smallest absolute Gasteiger partial charge is 0.412 e. The van der Waals surface area contributed by atoms with Crippen molar-refractivity contribution in [1.29, 1.82) is 0 Å². The number of rotatable bonds is 7. The van der Waals surface area contributed by atoms with Gasteiger partial charge in [0.25, 0.3) is 0 Å². The largest absolute Gasteiger partial charge is 0.490 e. The van der Waals surface area contributed by atoms with Gasteiger partial charge in [0.2, 0.25) is 5.75 Å². The zero-order valence-electron chi connectivity index (χ0n) is 18.1. The van der Waals surface area contributed by atoms with Crippen LogP contribution >= 0.6 is 0 Å². The van der Waals surface area contributed by atoms with E-state index in [9.17, 15) is 9.90 Å². The SMILES string of the molecule is COc1c(OC[C@@](C)(N)CC(C)C)ccc2c1OCc1cnc(N(C)C(=O)O)cc1-2. The summed E-state index contributed by atoms with van der Waals surface area (Å²) in [7, 11) is 3.02. The maximum Gasteiger partial charge on any atom is 0.412 e. The van der Waals surface area contributed by atoms with E-state index in [1.807, 2.05) is 19.1 Å². The highest BCUT2D eigenvalue weighted by molar-refractivity contribution is 5.87. The predicted octanol–water partition coefficient (Wildman–Crippen LogP) is 3.91. The Balaban J connectivity index is 1.95. The predicted molar refractivity (Wildman–Crippen MR) is 115 cm³/mol. The first kappa shape index (κ1) is 21.7. The number of carboxylic acid groups (broad SMARTS) is 1. The van der Waals surface area contributed by atoms with Gasteiger partial charge in [0, 0.05) is 29.9 Å². The van der Waals surface area contributed by atoms with Gasteiger partial charge in [0.15, 0.2) is 11.5 Å². The zero-order chi connectivity index (χ0) is 22.1. The Morgan fingerprint density at radius 2 is 2.13 bits per heavy atom. The Hall–Kier alpha value is -3.00. The summed E-state index contributed by atoms with van der Waals surface area (Å²) in [5, 5.41) is 9.25. The number of hydrogen-bond acceptors (Lipinski definition) is 6. The number of pyridine rings is 1. The van der Waals surface area contributed by atoms with Crippen LogP contribution in [0.3, 0.4) is 0 Å². The van der Waals surface area contributed by atoms with Crippen molar-refractivity contribution in [2.75, 3.05) is 25.7 Å². The van der Waals surface area contributed by atoms with Crippen molar-refractivity contribution in [2.24, 2.45) is 11.7 Å². The van der Waals surface area contributed by atoms with Crippen LogP contribution in [0, 0.1) is 5.92 Å². The van der Waals surface area contributed by atoms with E-state index in [4.69, 9.17) is 19.9 Å². The molecule has 8 nitrogen and oxygen atoms in total. The molecule has 3 N–H and O–H groups in total. The lowest BCUT2D eigenvalue weighted by atomic mass is 9.93. The summed E-state index contributed by atoms with van der Waals surface area (Å²) in [6, 6.07) is 5.44. The number of aromatic nitrogens is 1. The topological polar surface area (TPSA) is 107 Å². The van der Waals surface area contributed by atoms with Crippen LogP contribution in [0.25, 0.3) is 11.1 Å². The number of benzene rings is 1. The number of fused-ring (bicyclic) bond motifs is 3. The van der Waals surface area contributed by atoms with Crippen LogP contribution in [0.1, 0.15) is 32.8 Å². The van der Waals surface area contributed by atoms with Gasteiger partial charge in [-0.25, -0.2) is 9.78 Å². The Morgan fingerprint density at radius 3 is 2.77 bits per heavy atom. The van der Waals surface area contributed by atoms with Crippen molar-refractivity contribution < 1.29 is 24.1 Å². The summed E-state index contributed by atoms with van der Waals surface area (Å²) in [5.74, 6) is 2.39. The van der Waals surface area contributed by atoms with Crippen molar-refractivity contribution in [3.8, 4) is 28.4 Å². The molecule has 1 amide bonds. The fraction of sp³-hybridized carbons (Fsp3) is 0.455. The van der Waals surface area contributed by atoms with E-state index in [0.717, 1.165) is 28.0 Å². The van der Waals surface area contributed by atoms with Gasteiger partial charge in [-0.3, -0.25) is 4.90 Å². The number of ether oxygens (including phenoxy) is 3. The van der Waals surface area contributed by atoms with Crippen molar-refractivity contribution in [1.82, 2.24) is 4.98 Å². The number of amides is 1. The Kier molecular flexibility index (Phi) is 6.07. The Labute approximate surface area is 176 Å². The molecule has 8 heteroatoms. The second-order valence-electron chi connectivity index (χ2n) is 8.34. The van der Waals surface area contributed by atoms with Gasteiger partial charge in [-0.2, -0.15) is 0 Å². The lowest BCUT2D eigenvalue weighted by molar-refractivity contribution is 0.196. The minimum atomic E-state index is -1.08. The number of hydrogen-bond donors (Lipinski definition) is 2. The van der Waals surface area contributed by atoms with Gasteiger partial charge < -0.3 is 25.1 Å². The molecule has 1 aliphatic rings. The number of nitrogens with zero attached hydrogens (tertiary/aromatic N) is 2. The molecular weight excluding hydrogens is 386 g/mol. The minimum absolute atomic E-state index is 0.300. The Morgan fingerprint density at radius 1 is 1.40 bits per heavy atom. The van der Waals surface area contributed by atoms with Crippen LogP contribution in [0.4, 0.5) is 10.6 Å². The van der Waals surface area contributed by atoms with Crippen molar-refractivity contribution in [2.45, 2.75) is 39.3 Å². The van der Waals surface area contributed by atoms with Crippen LogP contribution in [0.2, 0.25) is 0 Å². The molecule has 1 aromatic carbocycles. The first-order chi connectivity index (χ1) is 14.1. The maximum absolute atomic E-state index is 11.3. The van der Waals surface area contributed by atoms with Gasteiger partial charge in [0.1, 0.15) is 19.0 Å². The van der Waals surface area contributed by atoms with Gasteiger partial charge in [-0.05, 0) is 43.0 Å². The Bertz CT molecular complexity index is 943. The van der Waals surface area contributed by atoms with Crippen molar-refractivity contribution in [3.63, 3.8) is 0 Å². The molecule has 2 heterocycles. The van der Waals surface area contributed by atoms with Crippen LogP contribution < -0.4 is 24.8 Å². The summed E-state index contributed by atoms with van der Waals surface area (Å²) in [4.78, 5) is 16.6. The van der Waals surface area contributed by atoms with Gasteiger partial charge >= 0.3 is 6.09 Å². The number of methoxy groups -OCH3 is 1. The molecule has 1 aliphatic heterocycles. The lowest BCUT2D eigenvalue weighted by Gasteiger charge is -2.28. The number of nitrogens with two attached hydrogens (primary N) is 1. The molecule has 30 heavy (non-hydrogen) atoms. The third kappa shape index (κ3) is 4.43. The highest BCUT2D eigenvalue weighted by atomic mass is 16.5. The quantitative estimate of drug-likeness (QED) is 0.706. The minimum Gasteiger partial charge on any atom is -0.490 e. The van der Waals surface area contributed by atoms with E-state index >= 15 is 0 Å². The highest BCUT2D eigenvalue weighted by Gasteiger charge is 2.27. The van der Waals surface area contributed by atoms with Crippen molar-refractivity contribution >= 4 is 11.9 Å². The summed E-state index contributed by atoms with van der Waals surface area (Å²) in [6.07, 6.45) is 1.38. The number of anilines is 1. The summed E-state index contributed by atoms with van der Waals surface area (Å²) >= 11 is 0. The standard InChI is InChI=1S/C22H29N3O5/c1-13(2)9-22(3,23)12-30-17-7-6-15-16-8-18(25(4)21(26)27)24-10-14(16)11-29-19(15)20(17)28-5/h6-8,10,13H,9,11-12,23H2,1-5H3,(H,26,27)/t22-/m0/s1. The first-order valence-corrected chi connectivity index (χ1v) is 9.84. The molecule has 3 rings (SSSR count). The molecule has 0 fully saturated rings. The molecule has 162 valence electrons. The third-order valence-corrected chi connectivity index (χ3v) is 4.98. The van der Waals surface area contributed by atoms with Crippen molar-refractivity contribution in [3.05, 3.63) is 30.0 Å². The lowest BCUT2D eigenvalue weighted by Crippen LogP contribution is -2.43. The van der Waals surface area contributed by atoms with E-state index in [0.29, 0.717) is 42.2 Å². The fourth-order valence-corrected chi connectivity index (χ4v) is 3.71. The normalized spacial score (nSPS) is 14.2. The molecule has 2 aromatic rings. The molecule has 1 aromatic heterocycles. The molecule has 0 saturated carbocycles. The van der Waals surface area contributed by atoms with E-state index in [-0.39, 0.29) is 0 Å². The average molecular weight is 415 g/mol. The molecule has 0 bridgehead atoms. The van der Waals surface area contributed by atoms with E-state index in [1.54, 1.807) is 19.4 Å². The molecule has 1 atom stereocenters. The molecule has 0 radical (unpaired) electrons. The molecular formula is C22H29N3O5. The number of carbonyl (C=O) groups is 1. The molecule has 0 unspecified atom stereocenters. The van der Waals surface area contributed by atoms with Gasteiger partial charge in [0.05, 0.1) is 7.11 Å². The van der Waals surface area contributed by atoms with Gasteiger partial charge in [-0.15, -0.1) is 0 Å². The third-order valence-electron chi connectivity index (χ3n) is 4.98.